The van der Waals surface area contributed by atoms with Gasteiger partial charge in [-0.05, 0) is 38.7 Å². The van der Waals surface area contributed by atoms with E-state index < -0.39 is 6.17 Å². The number of halogens is 1. The predicted octanol–water partition coefficient (Wildman–Crippen LogP) is 5.33. The molecule has 0 saturated heterocycles. The summed E-state index contributed by atoms with van der Waals surface area (Å²) in [6.45, 7) is 7.65. The highest BCUT2D eigenvalue weighted by atomic mass is 19.1. The molecule has 0 aliphatic heterocycles. The molecule has 2 aromatic heterocycles. The van der Waals surface area contributed by atoms with Crippen LogP contribution in [0.15, 0.2) is 12.3 Å². The van der Waals surface area contributed by atoms with Crippen molar-refractivity contribution in [2.24, 2.45) is 5.92 Å². The highest BCUT2D eigenvalue weighted by molar-refractivity contribution is 6.09. The number of aromatic nitrogens is 2. The van der Waals surface area contributed by atoms with Crippen LogP contribution in [0.5, 0.6) is 0 Å². The second-order valence-corrected chi connectivity index (χ2v) is 6.95. The van der Waals surface area contributed by atoms with E-state index in [0.29, 0.717) is 18.0 Å². The SMILES string of the molecule is CCC(F)c1cnc2c(c1)c(C(=O)C(C)C)c(C)n2C1CCC1. The number of Topliss-reactive ketones (excluding diaryl/α,β-unsaturated/α-hetero) is 1. The summed E-state index contributed by atoms with van der Waals surface area (Å²) >= 11 is 0. The fourth-order valence-electron chi connectivity index (χ4n) is 3.42. The average Bonchev–Trinajstić information content (AvgIpc) is 2.76. The predicted molar refractivity (Wildman–Crippen MR) is 90.7 cm³/mol. The van der Waals surface area contributed by atoms with E-state index in [4.69, 9.17) is 0 Å². The number of rotatable bonds is 5. The number of alkyl halides is 1. The fraction of sp³-hybridized carbons (Fsp3) is 0.579. The Balaban J connectivity index is 2.25. The van der Waals surface area contributed by atoms with Crippen LogP contribution in [0.25, 0.3) is 11.0 Å². The number of fused-ring (bicyclic) bond motifs is 1. The smallest absolute Gasteiger partial charge is 0.167 e. The lowest BCUT2D eigenvalue weighted by molar-refractivity contribution is 0.0940. The van der Waals surface area contributed by atoms with Gasteiger partial charge in [0.25, 0.3) is 0 Å². The van der Waals surface area contributed by atoms with Crippen LogP contribution in [0.1, 0.15) is 80.3 Å². The first-order chi connectivity index (χ1) is 11.0. The van der Waals surface area contributed by atoms with Gasteiger partial charge in [-0.1, -0.05) is 20.8 Å². The third kappa shape index (κ3) is 2.58. The van der Waals surface area contributed by atoms with Crippen molar-refractivity contribution in [3.8, 4) is 0 Å². The normalized spacial score (nSPS) is 16.8. The van der Waals surface area contributed by atoms with Crippen LogP contribution >= 0.6 is 0 Å². The van der Waals surface area contributed by atoms with E-state index in [1.54, 1.807) is 6.20 Å². The molecule has 2 heterocycles. The summed E-state index contributed by atoms with van der Waals surface area (Å²) < 4.78 is 16.3. The zero-order valence-corrected chi connectivity index (χ0v) is 14.4. The number of ketones is 1. The van der Waals surface area contributed by atoms with Gasteiger partial charge in [-0.15, -0.1) is 0 Å². The molecule has 23 heavy (non-hydrogen) atoms. The van der Waals surface area contributed by atoms with Crippen molar-refractivity contribution in [3.63, 3.8) is 0 Å². The number of pyridine rings is 1. The molecule has 4 heteroatoms. The lowest BCUT2D eigenvalue weighted by Gasteiger charge is -2.29. The molecular weight excluding hydrogens is 291 g/mol. The van der Waals surface area contributed by atoms with Crippen LogP contribution in [0.4, 0.5) is 4.39 Å². The third-order valence-corrected chi connectivity index (χ3v) is 5.04. The van der Waals surface area contributed by atoms with E-state index in [1.165, 1.54) is 6.42 Å². The molecule has 1 aliphatic carbocycles. The maximum Gasteiger partial charge on any atom is 0.167 e. The van der Waals surface area contributed by atoms with Gasteiger partial charge in [0.1, 0.15) is 11.8 Å². The Kier molecular flexibility index (Phi) is 4.26. The average molecular weight is 316 g/mol. The molecular formula is C19H25FN2O. The second-order valence-electron chi connectivity index (χ2n) is 6.95. The summed E-state index contributed by atoms with van der Waals surface area (Å²) in [7, 11) is 0. The van der Waals surface area contributed by atoms with Crippen molar-refractivity contribution in [3.05, 3.63) is 29.1 Å². The van der Waals surface area contributed by atoms with E-state index in [0.717, 1.165) is 35.1 Å². The topological polar surface area (TPSA) is 34.9 Å². The van der Waals surface area contributed by atoms with Crippen LogP contribution in [0, 0.1) is 12.8 Å². The molecule has 1 aliphatic rings. The van der Waals surface area contributed by atoms with E-state index in [2.05, 4.69) is 9.55 Å². The maximum atomic E-state index is 14.1. The Labute approximate surface area is 136 Å². The largest absolute Gasteiger partial charge is 0.326 e. The lowest BCUT2D eigenvalue weighted by atomic mass is 9.92. The number of carbonyl (C=O) groups is 1. The molecule has 0 radical (unpaired) electrons. The highest BCUT2D eigenvalue weighted by Crippen LogP contribution is 2.39. The molecule has 1 saturated carbocycles. The Hall–Kier alpha value is -1.71. The van der Waals surface area contributed by atoms with Crippen molar-refractivity contribution < 1.29 is 9.18 Å². The first kappa shape index (κ1) is 16.2. The molecule has 0 N–H and O–H groups in total. The zero-order chi connectivity index (χ0) is 16.7. The van der Waals surface area contributed by atoms with Gasteiger partial charge in [0, 0.05) is 40.4 Å². The molecule has 0 bridgehead atoms. The summed E-state index contributed by atoms with van der Waals surface area (Å²) in [6, 6.07) is 2.27. The Morgan fingerprint density at radius 2 is 2.13 bits per heavy atom. The molecule has 0 amide bonds. The standard InChI is InChI=1S/C19H25FN2O/c1-5-16(20)13-9-15-17(18(23)11(2)3)12(4)22(14-7-6-8-14)19(15)21-10-13/h9-11,14,16H,5-8H2,1-4H3. The van der Waals surface area contributed by atoms with Crippen molar-refractivity contribution >= 4 is 16.8 Å². The van der Waals surface area contributed by atoms with Crippen LogP contribution in [0.3, 0.4) is 0 Å². The van der Waals surface area contributed by atoms with Gasteiger partial charge in [-0.2, -0.15) is 0 Å². The fourth-order valence-corrected chi connectivity index (χ4v) is 3.42. The van der Waals surface area contributed by atoms with Gasteiger partial charge >= 0.3 is 0 Å². The molecule has 3 nitrogen and oxygen atoms in total. The van der Waals surface area contributed by atoms with Gasteiger partial charge in [0.05, 0.1) is 0 Å². The van der Waals surface area contributed by atoms with E-state index in [9.17, 15) is 9.18 Å². The molecule has 1 atom stereocenters. The van der Waals surface area contributed by atoms with Crippen LogP contribution < -0.4 is 0 Å². The Morgan fingerprint density at radius 1 is 1.43 bits per heavy atom. The molecule has 124 valence electrons. The lowest BCUT2D eigenvalue weighted by Crippen LogP contribution is -2.19. The molecule has 0 spiro atoms. The van der Waals surface area contributed by atoms with E-state index in [-0.39, 0.29) is 11.7 Å². The quantitative estimate of drug-likeness (QED) is 0.699. The summed E-state index contributed by atoms with van der Waals surface area (Å²) in [6.07, 6.45) is 4.50. The first-order valence-electron chi connectivity index (χ1n) is 8.64. The van der Waals surface area contributed by atoms with Gasteiger partial charge in [-0.3, -0.25) is 4.79 Å². The third-order valence-electron chi connectivity index (χ3n) is 5.04. The van der Waals surface area contributed by atoms with E-state index >= 15 is 0 Å². The van der Waals surface area contributed by atoms with Crippen molar-refractivity contribution in [1.82, 2.24) is 9.55 Å². The number of hydrogen-bond acceptors (Lipinski definition) is 2. The van der Waals surface area contributed by atoms with Crippen molar-refractivity contribution in [2.45, 2.75) is 65.6 Å². The monoisotopic (exact) mass is 316 g/mol. The van der Waals surface area contributed by atoms with Crippen LogP contribution in [0.2, 0.25) is 0 Å². The minimum Gasteiger partial charge on any atom is -0.326 e. The molecule has 3 rings (SSSR count). The zero-order valence-electron chi connectivity index (χ0n) is 14.4. The van der Waals surface area contributed by atoms with Crippen molar-refractivity contribution in [1.29, 1.82) is 0 Å². The number of hydrogen-bond donors (Lipinski definition) is 0. The van der Waals surface area contributed by atoms with Crippen LogP contribution in [-0.4, -0.2) is 15.3 Å². The minimum absolute atomic E-state index is 0.0786. The summed E-state index contributed by atoms with van der Waals surface area (Å²) in [5, 5.41) is 0.821. The summed E-state index contributed by atoms with van der Waals surface area (Å²) in [5.41, 5.74) is 3.13. The summed E-state index contributed by atoms with van der Waals surface area (Å²) in [5.74, 6) is 0.0431. The van der Waals surface area contributed by atoms with Gasteiger partial charge < -0.3 is 4.57 Å². The van der Waals surface area contributed by atoms with Gasteiger partial charge in [0.2, 0.25) is 0 Å². The Morgan fingerprint density at radius 3 is 2.65 bits per heavy atom. The maximum absolute atomic E-state index is 14.1. The Bertz CT molecular complexity index is 743. The van der Waals surface area contributed by atoms with E-state index in [1.807, 2.05) is 33.8 Å². The molecule has 0 aromatic carbocycles. The number of carbonyl (C=O) groups excluding carboxylic acids is 1. The molecule has 1 unspecified atom stereocenters. The highest BCUT2D eigenvalue weighted by Gasteiger charge is 2.29. The summed E-state index contributed by atoms with van der Waals surface area (Å²) in [4.78, 5) is 17.3. The minimum atomic E-state index is -1.03. The van der Waals surface area contributed by atoms with Gasteiger partial charge in [0.15, 0.2) is 5.78 Å². The van der Waals surface area contributed by atoms with Gasteiger partial charge in [-0.25, -0.2) is 9.37 Å². The molecule has 1 fully saturated rings. The number of nitrogens with zero attached hydrogens (tertiary/aromatic N) is 2. The first-order valence-corrected chi connectivity index (χ1v) is 8.64. The second kappa shape index (κ2) is 6.06. The van der Waals surface area contributed by atoms with Crippen molar-refractivity contribution in [2.75, 3.05) is 0 Å². The molecule has 2 aromatic rings. The van der Waals surface area contributed by atoms with Crippen LogP contribution in [-0.2, 0) is 0 Å².